The Morgan fingerprint density at radius 3 is 2.63 bits per heavy atom. The first-order valence-corrected chi connectivity index (χ1v) is 10.6. The van der Waals surface area contributed by atoms with Crippen LogP contribution in [0.1, 0.15) is 5.56 Å². The van der Waals surface area contributed by atoms with Gasteiger partial charge in [-0.1, -0.05) is 12.1 Å². The van der Waals surface area contributed by atoms with E-state index in [9.17, 15) is 13.2 Å². The highest BCUT2D eigenvalue weighted by molar-refractivity contribution is 7.89. The number of carbonyl (C=O) groups excluding carboxylic acids is 1. The number of methoxy groups -OCH3 is 1. The van der Waals surface area contributed by atoms with Crippen molar-refractivity contribution in [3.05, 3.63) is 48.0 Å². The van der Waals surface area contributed by atoms with Gasteiger partial charge in [-0.3, -0.25) is 4.79 Å². The number of anilines is 1. The summed E-state index contributed by atoms with van der Waals surface area (Å²) in [5, 5.41) is 11.7. The normalized spacial score (nSPS) is 14.5. The third-order valence-corrected chi connectivity index (χ3v) is 6.31. The van der Waals surface area contributed by atoms with Gasteiger partial charge in [0.1, 0.15) is 17.6 Å². The summed E-state index contributed by atoms with van der Waals surface area (Å²) in [6, 6.07) is 12.8. The number of sulfonamides is 1. The number of hydrogen-bond donors (Lipinski definition) is 1. The van der Waals surface area contributed by atoms with Crippen molar-refractivity contribution in [2.24, 2.45) is 0 Å². The van der Waals surface area contributed by atoms with E-state index in [1.165, 1.54) is 29.6 Å². The van der Waals surface area contributed by atoms with Gasteiger partial charge in [0, 0.05) is 13.1 Å². The molecule has 0 bridgehead atoms. The molecule has 1 aliphatic rings. The molecule has 2 aromatic rings. The molecule has 0 aliphatic carbocycles. The van der Waals surface area contributed by atoms with E-state index in [-0.39, 0.29) is 36.0 Å². The van der Waals surface area contributed by atoms with Crippen molar-refractivity contribution in [1.82, 2.24) is 4.31 Å². The van der Waals surface area contributed by atoms with Gasteiger partial charge in [0.05, 0.1) is 36.5 Å². The molecule has 9 nitrogen and oxygen atoms in total. The van der Waals surface area contributed by atoms with Crippen molar-refractivity contribution >= 4 is 21.6 Å². The van der Waals surface area contributed by atoms with E-state index >= 15 is 0 Å². The number of benzene rings is 2. The fourth-order valence-corrected chi connectivity index (χ4v) is 4.33. The maximum absolute atomic E-state index is 12.9. The monoisotopic (exact) mass is 431 g/mol. The average molecular weight is 431 g/mol. The number of carbonyl (C=O) groups is 1. The highest BCUT2D eigenvalue weighted by Gasteiger charge is 2.27. The molecule has 1 N–H and O–H groups in total. The molecule has 0 aromatic heterocycles. The second-order valence-electron chi connectivity index (χ2n) is 6.32. The number of ether oxygens (including phenoxy) is 3. The van der Waals surface area contributed by atoms with Crippen molar-refractivity contribution in [3.8, 4) is 17.6 Å². The Kier molecular flexibility index (Phi) is 6.89. The zero-order valence-electron chi connectivity index (χ0n) is 16.3. The van der Waals surface area contributed by atoms with Crippen molar-refractivity contribution in [3.63, 3.8) is 0 Å². The fraction of sp³-hybridized carbons (Fsp3) is 0.300. The summed E-state index contributed by atoms with van der Waals surface area (Å²) in [6.45, 7) is 0.841. The lowest BCUT2D eigenvalue weighted by Gasteiger charge is -2.26. The highest BCUT2D eigenvalue weighted by Crippen LogP contribution is 2.29. The van der Waals surface area contributed by atoms with Crippen LogP contribution in [0.4, 0.5) is 5.69 Å². The predicted octanol–water partition coefficient (Wildman–Crippen LogP) is 1.61. The number of nitrogens with zero attached hydrogens (tertiary/aromatic N) is 2. The van der Waals surface area contributed by atoms with Crippen molar-refractivity contribution in [1.29, 1.82) is 5.26 Å². The smallest absolute Gasteiger partial charge is 0.262 e. The quantitative estimate of drug-likeness (QED) is 0.707. The van der Waals surface area contributed by atoms with Gasteiger partial charge in [0.2, 0.25) is 10.0 Å². The zero-order chi connectivity index (χ0) is 21.6. The number of hydrogen-bond acceptors (Lipinski definition) is 7. The predicted molar refractivity (Wildman–Crippen MR) is 108 cm³/mol. The molecule has 2 aromatic carbocycles. The Bertz CT molecular complexity index is 1060. The van der Waals surface area contributed by atoms with E-state index in [1.807, 2.05) is 6.07 Å². The third kappa shape index (κ3) is 4.88. The molecule has 0 radical (unpaired) electrons. The Labute approximate surface area is 174 Å². The van der Waals surface area contributed by atoms with Crippen LogP contribution in [-0.4, -0.2) is 58.7 Å². The maximum atomic E-state index is 12.9. The first kappa shape index (κ1) is 21.6. The molecule has 1 fully saturated rings. The van der Waals surface area contributed by atoms with Crippen LogP contribution in [0.3, 0.4) is 0 Å². The summed E-state index contributed by atoms with van der Waals surface area (Å²) >= 11 is 0. The maximum Gasteiger partial charge on any atom is 0.262 e. The lowest BCUT2D eigenvalue weighted by atomic mass is 10.2. The van der Waals surface area contributed by atoms with Crippen molar-refractivity contribution in [2.45, 2.75) is 4.90 Å². The molecule has 1 aliphatic heterocycles. The minimum absolute atomic E-state index is 0.0382. The molecule has 1 saturated heterocycles. The zero-order valence-corrected chi connectivity index (χ0v) is 17.1. The van der Waals surface area contributed by atoms with E-state index < -0.39 is 15.9 Å². The summed E-state index contributed by atoms with van der Waals surface area (Å²) in [5.41, 5.74) is 0.510. The van der Waals surface area contributed by atoms with E-state index in [4.69, 9.17) is 19.5 Å². The van der Waals surface area contributed by atoms with Gasteiger partial charge in [-0.25, -0.2) is 8.42 Å². The van der Waals surface area contributed by atoms with Gasteiger partial charge in [0.15, 0.2) is 6.61 Å². The molecule has 1 heterocycles. The van der Waals surface area contributed by atoms with E-state index in [2.05, 4.69) is 5.32 Å². The average Bonchev–Trinajstić information content (AvgIpc) is 2.78. The van der Waals surface area contributed by atoms with Crippen LogP contribution in [0.15, 0.2) is 47.4 Å². The summed E-state index contributed by atoms with van der Waals surface area (Å²) in [7, 11) is -2.31. The Morgan fingerprint density at radius 2 is 1.93 bits per heavy atom. The van der Waals surface area contributed by atoms with Crippen LogP contribution in [0.5, 0.6) is 11.5 Å². The number of morpholine rings is 1. The molecule has 0 atom stereocenters. The van der Waals surface area contributed by atoms with Gasteiger partial charge in [-0.15, -0.1) is 0 Å². The first-order chi connectivity index (χ1) is 14.5. The lowest BCUT2D eigenvalue weighted by molar-refractivity contribution is -0.118. The Hall–Kier alpha value is -3.13. The number of para-hydroxylation sites is 1. The molecule has 1 amide bonds. The van der Waals surface area contributed by atoms with Crippen molar-refractivity contribution < 1.29 is 27.4 Å². The third-order valence-electron chi connectivity index (χ3n) is 4.42. The fourth-order valence-electron chi connectivity index (χ4n) is 2.90. The number of nitrogens with one attached hydrogen (secondary N) is 1. The summed E-state index contributed by atoms with van der Waals surface area (Å²) in [6.07, 6.45) is 0. The van der Waals surface area contributed by atoms with Gasteiger partial charge < -0.3 is 19.5 Å². The summed E-state index contributed by atoms with van der Waals surface area (Å²) in [4.78, 5) is 12.4. The molecule has 0 saturated carbocycles. The van der Waals surface area contributed by atoms with Gasteiger partial charge in [-0.2, -0.15) is 9.57 Å². The molecular weight excluding hydrogens is 410 g/mol. The second-order valence-corrected chi connectivity index (χ2v) is 8.26. The molecule has 10 heteroatoms. The van der Waals surface area contributed by atoms with Gasteiger partial charge in [-0.05, 0) is 30.3 Å². The van der Waals surface area contributed by atoms with Crippen LogP contribution >= 0.6 is 0 Å². The minimum Gasteiger partial charge on any atom is -0.495 e. The molecule has 158 valence electrons. The standard InChI is InChI=1S/C20H21N3O6S/c1-27-19-7-6-16(30(25,26)23-8-10-28-11-9-23)12-17(19)22-20(24)14-29-18-5-3-2-4-15(18)13-21/h2-7,12H,8-11,14H2,1H3,(H,22,24). The van der Waals surface area contributed by atoms with E-state index in [0.717, 1.165) is 0 Å². The largest absolute Gasteiger partial charge is 0.495 e. The van der Waals surface area contributed by atoms with E-state index in [0.29, 0.717) is 24.5 Å². The molecule has 0 unspecified atom stereocenters. The number of nitriles is 1. The Balaban J connectivity index is 1.75. The van der Waals surface area contributed by atoms with Crippen LogP contribution in [0.25, 0.3) is 0 Å². The number of amides is 1. The molecule has 30 heavy (non-hydrogen) atoms. The Morgan fingerprint density at radius 1 is 1.20 bits per heavy atom. The van der Waals surface area contributed by atoms with Gasteiger partial charge in [0.25, 0.3) is 5.91 Å². The summed E-state index contributed by atoms with van der Waals surface area (Å²) < 4.78 is 42.9. The lowest BCUT2D eigenvalue weighted by Crippen LogP contribution is -2.40. The number of rotatable bonds is 7. The van der Waals surface area contributed by atoms with Crippen LogP contribution in [0.2, 0.25) is 0 Å². The van der Waals surface area contributed by atoms with Gasteiger partial charge >= 0.3 is 0 Å². The summed E-state index contributed by atoms with van der Waals surface area (Å²) in [5.74, 6) is 0.0643. The van der Waals surface area contributed by atoms with Crippen molar-refractivity contribution in [2.75, 3.05) is 45.3 Å². The molecule has 0 spiro atoms. The first-order valence-electron chi connectivity index (χ1n) is 9.13. The molecule has 3 rings (SSSR count). The van der Waals surface area contributed by atoms with E-state index in [1.54, 1.807) is 24.3 Å². The molecular formula is C20H21N3O6S. The second kappa shape index (κ2) is 9.58. The minimum atomic E-state index is -3.73. The van der Waals surface area contributed by atoms with Crippen LogP contribution in [-0.2, 0) is 19.6 Å². The highest BCUT2D eigenvalue weighted by atomic mass is 32.2. The SMILES string of the molecule is COc1ccc(S(=O)(=O)N2CCOCC2)cc1NC(=O)COc1ccccc1C#N. The topological polar surface area (TPSA) is 118 Å². The van der Waals surface area contributed by atoms with Crippen LogP contribution < -0.4 is 14.8 Å². The van der Waals surface area contributed by atoms with Crippen LogP contribution in [0, 0.1) is 11.3 Å².